The molecule has 0 amide bonds. The van der Waals surface area contributed by atoms with Gasteiger partial charge in [-0.05, 0) is 18.1 Å². The van der Waals surface area contributed by atoms with Crippen molar-refractivity contribution in [1.82, 2.24) is 0 Å². The molecule has 0 aliphatic heterocycles. The Morgan fingerprint density at radius 1 is 1.75 bits per heavy atom. The molecule has 1 aliphatic carbocycles. The number of hydrogen-bond donors (Lipinski definition) is 1. The van der Waals surface area contributed by atoms with Crippen molar-refractivity contribution in [3.63, 3.8) is 0 Å². The summed E-state index contributed by atoms with van der Waals surface area (Å²) >= 11 is 1.71. The van der Waals surface area contributed by atoms with Crippen LogP contribution in [-0.2, 0) is 0 Å². The first kappa shape index (κ1) is 9.88. The molecular weight excluding hydrogens is 170 g/mol. The zero-order chi connectivity index (χ0) is 9.19. The molecule has 0 bridgehead atoms. The minimum absolute atomic E-state index is 0.165. The maximum absolute atomic E-state index is 8.89. The average molecular weight is 185 g/mol. The van der Waals surface area contributed by atoms with Crippen LogP contribution in [0.2, 0.25) is 0 Å². The molecule has 0 saturated heterocycles. The Kier molecular flexibility index (Phi) is 3.03. The lowest BCUT2D eigenvalue weighted by Gasteiger charge is -2.09. The molecule has 1 fully saturated rings. The van der Waals surface area contributed by atoms with Crippen molar-refractivity contribution in [2.75, 3.05) is 12.4 Å². The lowest BCUT2D eigenvalue weighted by molar-refractivity contribution is 0.274. The lowest BCUT2D eigenvalue weighted by Crippen LogP contribution is -2.08. The monoisotopic (exact) mass is 185 g/mol. The highest BCUT2D eigenvalue weighted by molar-refractivity contribution is 8.01. The second-order valence-electron chi connectivity index (χ2n) is 3.79. The molecule has 2 nitrogen and oxygen atoms in total. The highest BCUT2D eigenvalue weighted by Crippen LogP contribution is 2.53. The van der Waals surface area contributed by atoms with Crippen molar-refractivity contribution in [1.29, 1.82) is 5.26 Å². The van der Waals surface area contributed by atoms with Crippen molar-refractivity contribution < 1.29 is 5.11 Å². The van der Waals surface area contributed by atoms with Crippen molar-refractivity contribution in [3.8, 4) is 6.07 Å². The van der Waals surface area contributed by atoms with E-state index in [1.807, 2.05) is 0 Å². The largest absolute Gasteiger partial charge is 0.396 e. The van der Waals surface area contributed by atoms with Crippen molar-refractivity contribution >= 4 is 11.8 Å². The van der Waals surface area contributed by atoms with Crippen LogP contribution in [0.5, 0.6) is 0 Å². The molecule has 12 heavy (non-hydrogen) atoms. The molecule has 0 aromatic carbocycles. The zero-order valence-electron chi connectivity index (χ0n) is 7.58. The standard InChI is InChI=1S/C9H15NOS/c1-7(2)5-12-9(6-10)3-8(9)4-11/h7-8,11H,3-5H2,1-2H3. The first-order valence-electron chi connectivity index (χ1n) is 4.30. The van der Waals surface area contributed by atoms with Crippen LogP contribution in [0, 0.1) is 23.2 Å². The molecule has 2 atom stereocenters. The molecule has 0 aromatic rings. The number of nitriles is 1. The molecule has 2 unspecified atom stereocenters. The first-order valence-corrected chi connectivity index (χ1v) is 5.29. The van der Waals surface area contributed by atoms with Gasteiger partial charge in [0.25, 0.3) is 0 Å². The Morgan fingerprint density at radius 3 is 2.75 bits per heavy atom. The molecule has 1 aliphatic rings. The van der Waals surface area contributed by atoms with Crippen molar-refractivity contribution in [2.45, 2.75) is 25.0 Å². The maximum atomic E-state index is 8.89. The quantitative estimate of drug-likeness (QED) is 0.724. The summed E-state index contributed by atoms with van der Waals surface area (Å²) in [7, 11) is 0. The van der Waals surface area contributed by atoms with Gasteiger partial charge in [0, 0.05) is 12.5 Å². The van der Waals surface area contributed by atoms with E-state index in [-0.39, 0.29) is 17.3 Å². The van der Waals surface area contributed by atoms with Gasteiger partial charge in [0.2, 0.25) is 0 Å². The number of hydrogen-bond acceptors (Lipinski definition) is 3. The van der Waals surface area contributed by atoms with Crippen molar-refractivity contribution in [2.24, 2.45) is 11.8 Å². The van der Waals surface area contributed by atoms with E-state index in [4.69, 9.17) is 10.4 Å². The van der Waals surface area contributed by atoms with Gasteiger partial charge in [-0.15, -0.1) is 11.8 Å². The summed E-state index contributed by atoms with van der Waals surface area (Å²) in [6.07, 6.45) is 0.872. The second-order valence-corrected chi connectivity index (χ2v) is 5.14. The zero-order valence-corrected chi connectivity index (χ0v) is 8.40. The summed E-state index contributed by atoms with van der Waals surface area (Å²) in [6, 6.07) is 2.31. The molecular formula is C9H15NOS. The molecule has 1 rings (SSSR count). The number of thioether (sulfide) groups is 1. The molecule has 68 valence electrons. The average Bonchev–Trinajstić information content (AvgIpc) is 2.76. The van der Waals surface area contributed by atoms with Gasteiger partial charge < -0.3 is 5.11 Å². The van der Waals surface area contributed by atoms with E-state index in [0.29, 0.717) is 5.92 Å². The van der Waals surface area contributed by atoms with Crippen LogP contribution >= 0.6 is 11.8 Å². The molecule has 1 N–H and O–H groups in total. The third kappa shape index (κ3) is 1.94. The normalized spacial score (nSPS) is 33.4. The smallest absolute Gasteiger partial charge is 0.108 e. The van der Waals surface area contributed by atoms with Crippen LogP contribution in [0.15, 0.2) is 0 Å². The Morgan fingerprint density at radius 2 is 2.42 bits per heavy atom. The lowest BCUT2D eigenvalue weighted by atomic mass is 10.3. The van der Waals surface area contributed by atoms with E-state index in [1.54, 1.807) is 11.8 Å². The van der Waals surface area contributed by atoms with Crippen LogP contribution in [0.3, 0.4) is 0 Å². The van der Waals surface area contributed by atoms with Crippen LogP contribution < -0.4 is 0 Å². The van der Waals surface area contributed by atoms with Gasteiger partial charge in [0.05, 0.1) is 6.07 Å². The van der Waals surface area contributed by atoms with Crippen LogP contribution in [0.1, 0.15) is 20.3 Å². The van der Waals surface area contributed by atoms with E-state index in [2.05, 4.69) is 19.9 Å². The summed E-state index contributed by atoms with van der Waals surface area (Å²) in [5, 5.41) is 17.8. The highest BCUT2D eigenvalue weighted by Gasteiger charge is 2.54. The predicted molar refractivity (Wildman–Crippen MR) is 50.8 cm³/mol. The third-order valence-electron chi connectivity index (χ3n) is 2.13. The van der Waals surface area contributed by atoms with E-state index in [0.717, 1.165) is 12.2 Å². The van der Waals surface area contributed by atoms with Gasteiger partial charge in [0.15, 0.2) is 0 Å². The summed E-state index contributed by atoms with van der Waals surface area (Å²) in [4.78, 5) is 0. The van der Waals surface area contributed by atoms with Crippen LogP contribution in [-0.4, -0.2) is 22.2 Å². The van der Waals surface area contributed by atoms with E-state index >= 15 is 0 Å². The Hall–Kier alpha value is -0.200. The van der Waals surface area contributed by atoms with E-state index < -0.39 is 0 Å². The van der Waals surface area contributed by atoms with Crippen molar-refractivity contribution in [3.05, 3.63) is 0 Å². The summed E-state index contributed by atoms with van der Waals surface area (Å²) < 4.78 is -0.237. The summed E-state index contributed by atoms with van der Waals surface area (Å²) in [5.74, 6) is 1.87. The molecule has 0 heterocycles. The van der Waals surface area contributed by atoms with Crippen LogP contribution in [0.25, 0.3) is 0 Å². The SMILES string of the molecule is CC(C)CSC1(C#N)CC1CO. The number of nitrogens with zero attached hydrogens (tertiary/aromatic N) is 1. The topological polar surface area (TPSA) is 44.0 Å². The summed E-state index contributed by atoms with van der Waals surface area (Å²) in [5.41, 5.74) is 0. The van der Waals surface area contributed by atoms with Gasteiger partial charge in [-0.3, -0.25) is 0 Å². The molecule has 1 saturated carbocycles. The Labute approximate surface area is 78.0 Å². The maximum Gasteiger partial charge on any atom is 0.108 e. The predicted octanol–water partition coefficient (Wildman–Crippen LogP) is 1.65. The van der Waals surface area contributed by atoms with Gasteiger partial charge >= 0.3 is 0 Å². The highest BCUT2D eigenvalue weighted by atomic mass is 32.2. The van der Waals surface area contributed by atoms with Gasteiger partial charge in [-0.2, -0.15) is 5.26 Å². The van der Waals surface area contributed by atoms with E-state index in [1.165, 1.54) is 0 Å². The fourth-order valence-corrected chi connectivity index (χ4v) is 2.51. The molecule has 0 aromatic heterocycles. The Bertz CT molecular complexity index is 199. The fraction of sp³-hybridized carbons (Fsp3) is 0.889. The van der Waals surface area contributed by atoms with E-state index in [9.17, 15) is 0 Å². The van der Waals surface area contributed by atoms with Gasteiger partial charge in [-0.25, -0.2) is 0 Å². The fourth-order valence-electron chi connectivity index (χ4n) is 1.18. The van der Waals surface area contributed by atoms with Gasteiger partial charge in [0.1, 0.15) is 4.75 Å². The first-order chi connectivity index (χ1) is 5.64. The molecule has 0 spiro atoms. The van der Waals surface area contributed by atoms with Gasteiger partial charge in [-0.1, -0.05) is 13.8 Å². The number of aliphatic hydroxyl groups excluding tert-OH is 1. The molecule has 3 heteroatoms. The minimum atomic E-state index is -0.237. The third-order valence-corrected chi connectivity index (χ3v) is 4.07. The van der Waals surface area contributed by atoms with Crippen LogP contribution in [0.4, 0.5) is 0 Å². The number of aliphatic hydroxyl groups is 1. The molecule has 0 radical (unpaired) electrons. The minimum Gasteiger partial charge on any atom is -0.396 e. The second kappa shape index (κ2) is 3.68. The Balaban J connectivity index is 2.35. The number of rotatable bonds is 4. The summed E-state index contributed by atoms with van der Waals surface area (Å²) in [6.45, 7) is 4.46.